The fourth-order valence-corrected chi connectivity index (χ4v) is 5.16. The highest BCUT2D eigenvalue weighted by molar-refractivity contribution is 5.87. The Morgan fingerprint density at radius 1 is 1.03 bits per heavy atom. The molecule has 10 nitrogen and oxygen atoms in total. The van der Waals surface area contributed by atoms with Crippen LogP contribution in [0.4, 0.5) is 10.2 Å². The molecule has 7 rings (SSSR count). The van der Waals surface area contributed by atoms with Crippen molar-refractivity contribution < 1.29 is 9.13 Å². The van der Waals surface area contributed by atoms with Crippen LogP contribution in [0.2, 0.25) is 0 Å². The summed E-state index contributed by atoms with van der Waals surface area (Å²) in [4.78, 5) is 12.0. The third-order valence-corrected chi connectivity index (χ3v) is 7.19. The number of nitrogens with two attached hydrogens (primary N) is 1. The molecule has 0 aliphatic carbocycles. The van der Waals surface area contributed by atoms with Crippen molar-refractivity contribution >= 4 is 33.4 Å². The van der Waals surface area contributed by atoms with E-state index in [9.17, 15) is 4.39 Å². The highest BCUT2D eigenvalue weighted by Crippen LogP contribution is 2.35. The number of rotatable bonds is 4. The number of anilines is 1. The first-order valence-electron chi connectivity index (χ1n) is 12.4. The van der Waals surface area contributed by atoms with Crippen molar-refractivity contribution in [2.45, 2.75) is 13.0 Å². The molecule has 0 bridgehead atoms. The van der Waals surface area contributed by atoms with E-state index in [1.807, 2.05) is 30.3 Å². The van der Waals surface area contributed by atoms with E-state index in [4.69, 9.17) is 15.5 Å². The number of nitrogens with zero attached hydrogens (tertiary/aromatic N) is 8. The molecule has 0 saturated carbocycles. The minimum Gasteiger partial charge on any atom is -0.382 e. The average Bonchev–Trinajstić information content (AvgIpc) is 3.57. The van der Waals surface area contributed by atoms with Gasteiger partial charge in [-0.25, -0.2) is 14.1 Å². The molecule has 38 heavy (non-hydrogen) atoms. The topological polar surface area (TPSA) is 112 Å². The van der Waals surface area contributed by atoms with Crippen LogP contribution < -0.4 is 5.73 Å². The summed E-state index contributed by atoms with van der Waals surface area (Å²) in [5.41, 5.74) is 12.6. The smallest absolute Gasteiger partial charge is 0.165 e. The maximum atomic E-state index is 13.9. The van der Waals surface area contributed by atoms with E-state index in [2.05, 4.69) is 32.2 Å². The Labute approximate surface area is 216 Å². The van der Waals surface area contributed by atoms with Gasteiger partial charge in [-0.05, 0) is 43.3 Å². The Morgan fingerprint density at radius 3 is 2.74 bits per heavy atom. The van der Waals surface area contributed by atoms with Crippen molar-refractivity contribution in [1.82, 2.24) is 39.5 Å². The lowest BCUT2D eigenvalue weighted by atomic mass is 10.1. The van der Waals surface area contributed by atoms with Gasteiger partial charge in [0, 0.05) is 35.8 Å². The molecule has 1 unspecified atom stereocenters. The summed E-state index contributed by atoms with van der Waals surface area (Å²) < 4.78 is 22.9. The van der Waals surface area contributed by atoms with Gasteiger partial charge in [0.1, 0.15) is 17.0 Å². The second-order valence-electron chi connectivity index (χ2n) is 9.40. The highest BCUT2D eigenvalue weighted by atomic mass is 19.1. The van der Waals surface area contributed by atoms with Crippen LogP contribution in [-0.2, 0) is 4.74 Å². The van der Waals surface area contributed by atoms with E-state index < -0.39 is 0 Å². The maximum Gasteiger partial charge on any atom is 0.165 e. The fourth-order valence-electron chi connectivity index (χ4n) is 5.16. The van der Waals surface area contributed by atoms with Crippen molar-refractivity contribution in [3.05, 3.63) is 72.4 Å². The summed E-state index contributed by atoms with van der Waals surface area (Å²) in [6.45, 7) is 4.97. The van der Waals surface area contributed by atoms with E-state index >= 15 is 0 Å². The number of halogens is 1. The fraction of sp³-hybridized carbons (Fsp3) is 0.222. The van der Waals surface area contributed by atoms with E-state index in [0.29, 0.717) is 41.3 Å². The zero-order valence-corrected chi connectivity index (χ0v) is 20.6. The minimum atomic E-state index is -0.315. The molecule has 1 fully saturated rings. The molecule has 1 aliphatic rings. The largest absolute Gasteiger partial charge is 0.382 e. The van der Waals surface area contributed by atoms with E-state index in [1.165, 1.54) is 12.1 Å². The third kappa shape index (κ3) is 3.58. The van der Waals surface area contributed by atoms with Crippen molar-refractivity contribution in [2.24, 2.45) is 0 Å². The van der Waals surface area contributed by atoms with Gasteiger partial charge in [0.25, 0.3) is 0 Å². The normalized spacial score (nSPS) is 15.5. The van der Waals surface area contributed by atoms with Crippen LogP contribution >= 0.6 is 0 Å². The number of benzene rings is 2. The molecule has 4 aromatic heterocycles. The number of morpholine rings is 1. The SMILES string of the molecule is CC(c1nc2c(-c3cnc4ccc(F)cc4c3)cnn2c(N)c1-n1nnc2ccccc21)N1CCOCC1. The summed E-state index contributed by atoms with van der Waals surface area (Å²) in [7, 11) is 0. The van der Waals surface area contributed by atoms with Gasteiger partial charge in [-0.3, -0.25) is 9.88 Å². The molecule has 0 spiro atoms. The molecule has 1 aliphatic heterocycles. The molecular formula is C27H24FN9O. The molecular weight excluding hydrogens is 485 g/mol. The lowest BCUT2D eigenvalue weighted by molar-refractivity contribution is 0.0191. The van der Waals surface area contributed by atoms with Gasteiger partial charge < -0.3 is 10.5 Å². The number of pyridine rings is 1. The molecule has 11 heteroatoms. The Balaban J connectivity index is 1.46. The molecule has 2 aromatic carbocycles. The van der Waals surface area contributed by atoms with E-state index in [0.717, 1.165) is 40.9 Å². The second-order valence-corrected chi connectivity index (χ2v) is 9.40. The van der Waals surface area contributed by atoms with E-state index in [1.54, 1.807) is 27.7 Å². The molecule has 0 radical (unpaired) electrons. The standard InChI is InChI=1S/C27H24FN9O/c1-16(35-8-10-38-11-9-35)24-25(36-23-5-3-2-4-22(23)33-34-36)26(29)37-27(32-24)20(15-31-37)18-12-17-13-19(28)6-7-21(17)30-14-18/h2-7,12-16H,8-11,29H2,1H3. The average molecular weight is 510 g/mol. The molecule has 0 amide bonds. The summed E-state index contributed by atoms with van der Waals surface area (Å²) in [5, 5.41) is 14.1. The number of nitrogen functional groups attached to an aromatic ring is 1. The van der Waals surface area contributed by atoms with E-state index in [-0.39, 0.29) is 11.9 Å². The lowest BCUT2D eigenvalue weighted by Gasteiger charge is -2.33. The van der Waals surface area contributed by atoms with Gasteiger partial charge in [0.15, 0.2) is 11.5 Å². The van der Waals surface area contributed by atoms with Crippen LogP contribution in [0.1, 0.15) is 18.7 Å². The first kappa shape index (κ1) is 22.7. The van der Waals surface area contributed by atoms with Crippen molar-refractivity contribution in [3.63, 3.8) is 0 Å². The quantitative estimate of drug-likeness (QED) is 0.382. The zero-order valence-electron chi connectivity index (χ0n) is 20.6. The molecule has 2 N–H and O–H groups in total. The van der Waals surface area contributed by atoms with Crippen LogP contribution in [0.15, 0.2) is 60.9 Å². The van der Waals surface area contributed by atoms with Gasteiger partial charge >= 0.3 is 0 Å². The monoisotopic (exact) mass is 509 g/mol. The molecule has 5 heterocycles. The Kier molecular flexibility index (Phi) is 5.27. The molecule has 1 atom stereocenters. The molecule has 190 valence electrons. The summed E-state index contributed by atoms with van der Waals surface area (Å²) in [6, 6.07) is 14.1. The van der Waals surface area contributed by atoms with Gasteiger partial charge in [-0.15, -0.1) is 5.10 Å². The third-order valence-electron chi connectivity index (χ3n) is 7.19. The van der Waals surface area contributed by atoms with Crippen LogP contribution in [0.3, 0.4) is 0 Å². The second kappa shape index (κ2) is 8.82. The zero-order chi connectivity index (χ0) is 25.8. The van der Waals surface area contributed by atoms with Crippen molar-refractivity contribution in [1.29, 1.82) is 0 Å². The number of aromatic nitrogens is 7. The van der Waals surface area contributed by atoms with Gasteiger partial charge in [0.05, 0.1) is 42.2 Å². The number of hydrogen-bond donors (Lipinski definition) is 1. The number of ether oxygens (including phenoxy) is 1. The summed E-state index contributed by atoms with van der Waals surface area (Å²) >= 11 is 0. The van der Waals surface area contributed by atoms with Crippen LogP contribution in [0.5, 0.6) is 0 Å². The van der Waals surface area contributed by atoms with Crippen LogP contribution in [0, 0.1) is 5.82 Å². The van der Waals surface area contributed by atoms with Crippen LogP contribution in [-0.4, -0.2) is 65.8 Å². The first-order chi connectivity index (χ1) is 18.6. The van der Waals surface area contributed by atoms with Gasteiger partial charge in [0.2, 0.25) is 0 Å². The summed E-state index contributed by atoms with van der Waals surface area (Å²) in [5.74, 6) is 0.0804. The Hall–Kier alpha value is -4.48. The number of hydrogen-bond acceptors (Lipinski definition) is 8. The summed E-state index contributed by atoms with van der Waals surface area (Å²) in [6.07, 6.45) is 3.46. The van der Waals surface area contributed by atoms with Gasteiger partial charge in [-0.1, -0.05) is 17.3 Å². The number of fused-ring (bicyclic) bond motifs is 3. The highest BCUT2D eigenvalue weighted by Gasteiger charge is 2.28. The minimum absolute atomic E-state index is 0.0873. The predicted octanol–water partition coefficient (Wildman–Crippen LogP) is 3.79. The maximum absolute atomic E-state index is 13.9. The van der Waals surface area contributed by atoms with Crippen molar-refractivity contribution in [2.75, 3.05) is 32.0 Å². The number of para-hydroxylation sites is 1. The molecule has 6 aromatic rings. The van der Waals surface area contributed by atoms with Crippen LogP contribution in [0.25, 0.3) is 44.4 Å². The van der Waals surface area contributed by atoms with Gasteiger partial charge in [-0.2, -0.15) is 9.61 Å². The predicted molar refractivity (Wildman–Crippen MR) is 141 cm³/mol. The first-order valence-corrected chi connectivity index (χ1v) is 12.4. The Morgan fingerprint density at radius 2 is 1.87 bits per heavy atom. The Bertz CT molecular complexity index is 1820. The lowest BCUT2D eigenvalue weighted by Crippen LogP contribution is -2.38. The molecule has 1 saturated heterocycles. The van der Waals surface area contributed by atoms with Crippen molar-refractivity contribution in [3.8, 4) is 16.8 Å².